The maximum absolute atomic E-state index is 13.4. The Bertz CT molecular complexity index is 1410. The summed E-state index contributed by atoms with van der Waals surface area (Å²) >= 11 is 0. The number of rotatable bonds is 8. The van der Waals surface area contributed by atoms with Crippen LogP contribution in [0.4, 0.5) is 4.79 Å². The average Bonchev–Trinajstić information content (AvgIpc) is 3.56. The van der Waals surface area contributed by atoms with Crippen molar-refractivity contribution in [1.82, 2.24) is 15.5 Å². The minimum Gasteiger partial charge on any atom is -0.479 e. The number of carbonyl (C=O) groups excluding carboxylic acids is 2. The zero-order chi connectivity index (χ0) is 29.1. The van der Waals surface area contributed by atoms with Gasteiger partial charge in [0.25, 0.3) is 0 Å². The predicted molar refractivity (Wildman–Crippen MR) is 159 cm³/mol. The molecule has 0 spiro atoms. The number of aliphatic carboxylic acids is 1. The zero-order valence-electron chi connectivity index (χ0n) is 23.6. The Morgan fingerprint density at radius 2 is 1.57 bits per heavy atom. The number of nitrogens with one attached hydrogen (secondary N) is 2. The van der Waals surface area contributed by atoms with Gasteiger partial charge in [0.05, 0.1) is 0 Å². The number of carboxylic acids is 1. The monoisotopic (exact) mass is 567 g/mol. The number of hydrogen-bond acceptors (Lipinski definition) is 5. The topological polar surface area (TPSA) is 108 Å². The summed E-state index contributed by atoms with van der Waals surface area (Å²) in [7, 11) is 0. The van der Waals surface area contributed by atoms with Gasteiger partial charge in [-0.15, -0.1) is 0 Å². The van der Waals surface area contributed by atoms with Gasteiger partial charge in [0.2, 0.25) is 5.91 Å². The van der Waals surface area contributed by atoms with Gasteiger partial charge < -0.3 is 20.5 Å². The first-order valence-corrected chi connectivity index (χ1v) is 14.8. The number of likely N-dealkylation sites (tertiary alicyclic amines) is 1. The van der Waals surface area contributed by atoms with E-state index in [2.05, 4.69) is 39.8 Å². The van der Waals surface area contributed by atoms with E-state index in [4.69, 9.17) is 4.74 Å². The van der Waals surface area contributed by atoms with Gasteiger partial charge in [-0.3, -0.25) is 9.69 Å². The van der Waals surface area contributed by atoms with Gasteiger partial charge in [0, 0.05) is 37.5 Å². The maximum Gasteiger partial charge on any atom is 0.407 e. The van der Waals surface area contributed by atoms with Crippen molar-refractivity contribution in [2.24, 2.45) is 5.92 Å². The molecule has 6 rings (SSSR count). The quantitative estimate of drug-likeness (QED) is 0.356. The molecule has 42 heavy (non-hydrogen) atoms. The maximum atomic E-state index is 13.4. The van der Waals surface area contributed by atoms with Crippen molar-refractivity contribution < 1.29 is 24.2 Å². The highest BCUT2D eigenvalue weighted by Gasteiger charge is 2.47. The van der Waals surface area contributed by atoms with Gasteiger partial charge in [-0.05, 0) is 53.5 Å². The van der Waals surface area contributed by atoms with Crippen LogP contribution in [0.3, 0.4) is 0 Å². The zero-order valence-corrected chi connectivity index (χ0v) is 23.6. The third-order valence-electron chi connectivity index (χ3n) is 9.08. The number of ether oxygens (including phenoxy) is 1. The lowest BCUT2D eigenvalue weighted by Crippen LogP contribution is -2.58. The first kappa shape index (κ1) is 28.0. The number of carbonyl (C=O) groups is 3. The molecule has 0 aromatic heterocycles. The number of benzene rings is 3. The number of amides is 2. The van der Waals surface area contributed by atoms with Crippen LogP contribution >= 0.6 is 0 Å². The van der Waals surface area contributed by atoms with Gasteiger partial charge >= 0.3 is 12.1 Å². The number of hydrogen-bond donors (Lipinski definition) is 3. The molecule has 3 N–H and O–H groups in total. The number of alkyl carbamates (subject to hydrolysis) is 1. The van der Waals surface area contributed by atoms with Crippen molar-refractivity contribution in [2.75, 3.05) is 19.7 Å². The Morgan fingerprint density at radius 3 is 2.26 bits per heavy atom. The lowest BCUT2D eigenvalue weighted by Gasteiger charge is -2.32. The van der Waals surface area contributed by atoms with Crippen molar-refractivity contribution >= 4 is 18.0 Å². The molecular formula is C34H37N3O5. The molecule has 218 valence electrons. The minimum atomic E-state index is -1.31. The van der Waals surface area contributed by atoms with Crippen LogP contribution in [0.2, 0.25) is 0 Å². The van der Waals surface area contributed by atoms with Gasteiger partial charge in [-0.1, -0.05) is 85.3 Å². The van der Waals surface area contributed by atoms with Gasteiger partial charge in [0.15, 0.2) is 5.54 Å². The second-order valence-electron chi connectivity index (χ2n) is 11.9. The van der Waals surface area contributed by atoms with E-state index in [9.17, 15) is 19.5 Å². The Hall–Kier alpha value is -4.17. The molecule has 1 heterocycles. The molecule has 1 saturated heterocycles. The summed E-state index contributed by atoms with van der Waals surface area (Å²) in [6.07, 6.45) is 2.51. The molecule has 2 amide bonds. The van der Waals surface area contributed by atoms with Crippen LogP contribution in [-0.2, 0) is 20.9 Å². The van der Waals surface area contributed by atoms with Crippen LogP contribution in [0.5, 0.6) is 0 Å². The van der Waals surface area contributed by atoms with E-state index in [1.54, 1.807) is 0 Å². The first-order chi connectivity index (χ1) is 20.4. The fourth-order valence-corrected chi connectivity index (χ4v) is 6.90. The van der Waals surface area contributed by atoms with Crippen LogP contribution in [0, 0.1) is 5.92 Å². The molecule has 3 aromatic rings. The van der Waals surface area contributed by atoms with E-state index < -0.39 is 17.6 Å². The molecule has 1 aliphatic heterocycles. The van der Waals surface area contributed by atoms with E-state index >= 15 is 0 Å². The lowest BCUT2D eigenvalue weighted by atomic mass is 9.84. The summed E-state index contributed by atoms with van der Waals surface area (Å²) in [5.74, 6) is -1.64. The molecule has 2 fully saturated rings. The van der Waals surface area contributed by atoms with E-state index in [1.807, 2.05) is 54.6 Å². The molecular weight excluding hydrogens is 530 g/mol. The molecule has 8 heteroatoms. The summed E-state index contributed by atoms with van der Waals surface area (Å²) in [6, 6.07) is 26.1. The molecule has 2 aliphatic carbocycles. The summed E-state index contributed by atoms with van der Waals surface area (Å²) < 4.78 is 5.72. The molecule has 0 bridgehead atoms. The standard InChI is InChI=1S/C34H37N3O5/c38-31(36-34(32(39)40)17-18-37(22-34)20-23-9-2-1-3-10-23)24-11-8-12-25(19-24)35-33(41)42-21-30-28-15-6-4-13-26(28)27-14-5-7-16-29(27)30/h1-7,9-10,13-16,24-25,30H,8,11-12,17-22H2,(H,35,41)(H,36,38)(H,39,40)/t24-,25+,34?/m1/s1. The van der Waals surface area contributed by atoms with Crippen LogP contribution in [-0.4, -0.2) is 59.3 Å². The number of carboxylic acid groups (broad SMARTS) is 1. The highest BCUT2D eigenvalue weighted by Crippen LogP contribution is 2.44. The van der Waals surface area contributed by atoms with Crippen LogP contribution < -0.4 is 10.6 Å². The van der Waals surface area contributed by atoms with Crippen molar-refractivity contribution in [3.05, 3.63) is 95.6 Å². The van der Waals surface area contributed by atoms with E-state index in [-0.39, 0.29) is 36.9 Å². The van der Waals surface area contributed by atoms with Crippen molar-refractivity contribution in [2.45, 2.75) is 56.1 Å². The smallest absolute Gasteiger partial charge is 0.407 e. The molecule has 8 nitrogen and oxygen atoms in total. The van der Waals surface area contributed by atoms with E-state index in [1.165, 1.54) is 11.1 Å². The third kappa shape index (κ3) is 5.77. The number of nitrogens with zero attached hydrogens (tertiary/aromatic N) is 1. The summed E-state index contributed by atoms with van der Waals surface area (Å²) in [4.78, 5) is 40.7. The molecule has 1 unspecified atom stereocenters. The summed E-state index contributed by atoms with van der Waals surface area (Å²) in [5, 5.41) is 16.0. The molecule has 3 atom stereocenters. The highest BCUT2D eigenvalue weighted by atomic mass is 16.5. The van der Waals surface area contributed by atoms with Gasteiger partial charge in [-0.25, -0.2) is 9.59 Å². The summed E-state index contributed by atoms with van der Waals surface area (Å²) in [5.41, 5.74) is 4.46. The Balaban J connectivity index is 1.03. The predicted octanol–water partition coefficient (Wildman–Crippen LogP) is 4.93. The first-order valence-electron chi connectivity index (χ1n) is 14.8. The Labute approximate surface area is 246 Å². The van der Waals surface area contributed by atoms with Crippen LogP contribution in [0.1, 0.15) is 54.7 Å². The van der Waals surface area contributed by atoms with E-state index in [0.717, 1.165) is 29.5 Å². The highest BCUT2D eigenvalue weighted by molar-refractivity contribution is 5.89. The Kier molecular flexibility index (Phi) is 7.98. The fraction of sp³-hybridized carbons (Fsp3) is 0.382. The molecule has 0 radical (unpaired) electrons. The van der Waals surface area contributed by atoms with Crippen LogP contribution in [0.25, 0.3) is 11.1 Å². The SMILES string of the molecule is O=C(N[C@H]1CCC[C@@H](C(=O)NC2(C(=O)O)CCN(Cc3ccccc3)C2)C1)OCC1c2ccccc2-c2ccccc21. The second-order valence-corrected chi connectivity index (χ2v) is 11.9. The third-order valence-corrected chi connectivity index (χ3v) is 9.08. The summed E-state index contributed by atoms with van der Waals surface area (Å²) in [6.45, 7) is 1.73. The van der Waals surface area contributed by atoms with Crippen molar-refractivity contribution in [3.8, 4) is 11.1 Å². The van der Waals surface area contributed by atoms with E-state index in [0.29, 0.717) is 32.4 Å². The van der Waals surface area contributed by atoms with Gasteiger partial charge in [-0.2, -0.15) is 0 Å². The van der Waals surface area contributed by atoms with Gasteiger partial charge in [0.1, 0.15) is 6.61 Å². The molecule has 1 saturated carbocycles. The normalized spacial score (nSPS) is 23.5. The van der Waals surface area contributed by atoms with Crippen LogP contribution in [0.15, 0.2) is 78.9 Å². The largest absolute Gasteiger partial charge is 0.479 e. The lowest BCUT2D eigenvalue weighted by molar-refractivity contribution is -0.148. The molecule has 3 aromatic carbocycles. The average molecular weight is 568 g/mol. The molecule has 3 aliphatic rings. The minimum absolute atomic E-state index is 0.0203. The van der Waals surface area contributed by atoms with Crippen molar-refractivity contribution in [3.63, 3.8) is 0 Å². The Morgan fingerprint density at radius 1 is 0.905 bits per heavy atom. The number of fused-ring (bicyclic) bond motifs is 3. The van der Waals surface area contributed by atoms with Crippen molar-refractivity contribution in [1.29, 1.82) is 0 Å². The second kappa shape index (κ2) is 12.0. The fourth-order valence-electron chi connectivity index (χ4n) is 6.90.